The van der Waals surface area contributed by atoms with Crippen molar-refractivity contribution in [1.29, 1.82) is 0 Å². The molecule has 0 unspecified atom stereocenters. The van der Waals surface area contributed by atoms with Gasteiger partial charge in [0, 0.05) is 31.2 Å². The highest BCUT2D eigenvalue weighted by Gasteiger charge is 2.50. The van der Waals surface area contributed by atoms with Crippen LogP contribution >= 0.6 is 0 Å². The number of carbonyl (C=O) groups excluding carboxylic acids is 2. The molecule has 6 nitrogen and oxygen atoms in total. The minimum Gasteiger partial charge on any atom is -0.455 e. The van der Waals surface area contributed by atoms with Crippen LogP contribution < -0.4 is 0 Å². The number of ether oxygens (including phenoxy) is 1. The summed E-state index contributed by atoms with van der Waals surface area (Å²) in [5.74, 6) is 0.567. The fraction of sp³-hybridized carbons (Fsp3) is 0.586. The van der Waals surface area contributed by atoms with Crippen LogP contribution in [0.3, 0.4) is 0 Å². The number of aromatic nitrogens is 2. The van der Waals surface area contributed by atoms with Crippen molar-refractivity contribution in [2.24, 2.45) is 5.92 Å². The normalized spacial score (nSPS) is 27.7. The number of ketones is 1. The number of esters is 1. The average Bonchev–Trinajstić information content (AvgIpc) is 3.14. The zero-order valence-corrected chi connectivity index (χ0v) is 21.0. The summed E-state index contributed by atoms with van der Waals surface area (Å²) in [5, 5.41) is 0. The first kappa shape index (κ1) is 24.1. The van der Waals surface area contributed by atoms with Crippen molar-refractivity contribution < 1.29 is 18.8 Å². The first-order valence-electron chi connectivity index (χ1n) is 13.4. The predicted octanol–water partition coefficient (Wildman–Crippen LogP) is 4.34. The van der Waals surface area contributed by atoms with Gasteiger partial charge in [-0.25, -0.2) is 0 Å². The second kappa shape index (κ2) is 10.2. The molecule has 0 spiro atoms. The summed E-state index contributed by atoms with van der Waals surface area (Å²) in [4.78, 5) is 35.5. The largest absolute Gasteiger partial charge is 0.455 e. The topological polar surface area (TPSA) is 69.2 Å². The predicted molar refractivity (Wildman–Crippen MR) is 134 cm³/mol. The van der Waals surface area contributed by atoms with Crippen LogP contribution in [0.1, 0.15) is 68.3 Å². The van der Waals surface area contributed by atoms with Gasteiger partial charge in [0.1, 0.15) is 13.1 Å². The third kappa shape index (κ3) is 5.18. The molecule has 1 aromatic carbocycles. The number of quaternary nitrogens is 1. The van der Waals surface area contributed by atoms with Crippen LogP contribution in [0, 0.1) is 12.8 Å². The minimum atomic E-state index is -0.533. The Bertz CT molecular complexity index is 1020. The maximum atomic E-state index is 13.9. The average molecular weight is 477 g/mol. The van der Waals surface area contributed by atoms with E-state index in [2.05, 4.69) is 22.1 Å². The first-order valence-corrected chi connectivity index (χ1v) is 13.4. The highest BCUT2D eigenvalue weighted by molar-refractivity contribution is 5.83. The zero-order chi connectivity index (χ0) is 24.3. The van der Waals surface area contributed by atoms with Crippen LogP contribution in [0.15, 0.2) is 42.7 Å². The summed E-state index contributed by atoms with van der Waals surface area (Å²) in [7, 11) is 0. The Hall–Kier alpha value is -2.60. The smallest absolute Gasteiger partial charge is 0.317 e. The van der Waals surface area contributed by atoms with Gasteiger partial charge in [0.2, 0.25) is 0 Å². The van der Waals surface area contributed by atoms with Gasteiger partial charge in [0.05, 0.1) is 36.3 Å². The Kier molecular flexibility index (Phi) is 7.01. The number of carbonyl (C=O) groups is 2. The molecule has 2 bridgehead atoms. The summed E-state index contributed by atoms with van der Waals surface area (Å²) in [6.07, 6.45) is 11.9. The van der Waals surface area contributed by atoms with Crippen molar-refractivity contribution >= 4 is 11.8 Å². The van der Waals surface area contributed by atoms with E-state index in [0.29, 0.717) is 18.9 Å². The zero-order valence-electron chi connectivity index (χ0n) is 21.0. The quantitative estimate of drug-likeness (QED) is 0.338. The van der Waals surface area contributed by atoms with Gasteiger partial charge in [0.15, 0.2) is 11.9 Å². The maximum Gasteiger partial charge on any atom is 0.317 e. The van der Waals surface area contributed by atoms with Crippen molar-refractivity contribution in [1.82, 2.24) is 9.97 Å². The molecular formula is C29H38N3O3+. The number of piperidine rings is 3. The van der Waals surface area contributed by atoms with Crippen LogP contribution in [0.2, 0.25) is 0 Å². The molecule has 4 fully saturated rings. The lowest BCUT2D eigenvalue weighted by Gasteiger charge is -2.52. The summed E-state index contributed by atoms with van der Waals surface area (Å²) in [5.41, 5.74) is 2.15. The number of nitrogens with zero attached hydrogens (tertiary/aromatic N) is 3. The molecule has 4 aliphatic rings. The summed E-state index contributed by atoms with van der Waals surface area (Å²) in [6.45, 7) is 5.13. The van der Waals surface area contributed by atoms with Crippen molar-refractivity contribution in [2.75, 3.05) is 26.2 Å². The Morgan fingerprint density at radius 1 is 1.00 bits per heavy atom. The number of fused-ring (bicyclic) bond motifs is 3. The van der Waals surface area contributed by atoms with E-state index in [1.54, 1.807) is 12.4 Å². The van der Waals surface area contributed by atoms with Gasteiger partial charge >= 0.3 is 5.97 Å². The van der Waals surface area contributed by atoms with E-state index < -0.39 is 5.41 Å². The van der Waals surface area contributed by atoms with Crippen molar-refractivity contribution in [3.05, 3.63) is 59.7 Å². The van der Waals surface area contributed by atoms with E-state index in [9.17, 15) is 9.59 Å². The number of benzene rings is 1. The molecule has 2 aromatic rings. The van der Waals surface area contributed by atoms with Gasteiger partial charge in [-0.1, -0.05) is 56.0 Å². The van der Waals surface area contributed by atoms with Crippen molar-refractivity contribution in [3.63, 3.8) is 0 Å². The first-order chi connectivity index (χ1) is 17.0. The molecule has 35 heavy (non-hydrogen) atoms. The van der Waals surface area contributed by atoms with E-state index in [1.807, 2.05) is 25.1 Å². The fourth-order valence-electron chi connectivity index (χ4n) is 6.67. The molecule has 0 amide bonds. The fourth-order valence-corrected chi connectivity index (χ4v) is 6.67. The highest BCUT2D eigenvalue weighted by atomic mass is 16.5. The van der Waals surface area contributed by atoms with E-state index in [0.717, 1.165) is 79.6 Å². The molecule has 1 aliphatic carbocycles. The number of hydrogen-bond acceptors (Lipinski definition) is 5. The maximum absolute atomic E-state index is 13.9. The molecule has 0 N–H and O–H groups in total. The van der Waals surface area contributed by atoms with Crippen LogP contribution in [-0.2, 0) is 26.2 Å². The molecule has 6 rings (SSSR count). The number of rotatable bonds is 7. The molecule has 6 heteroatoms. The SMILES string of the molecule is Cc1cnc(CC(=O)C[N+]23CCC(CC2)[C@@H](OC(=O)C2(c4ccccc4)CCCCCC2)C3)cn1. The molecule has 1 atom stereocenters. The third-order valence-electron chi connectivity index (χ3n) is 8.70. The highest BCUT2D eigenvalue weighted by Crippen LogP contribution is 2.42. The Labute approximate surface area is 208 Å². The molecule has 0 radical (unpaired) electrons. The molecular weight excluding hydrogens is 438 g/mol. The van der Waals surface area contributed by atoms with E-state index in [1.165, 1.54) is 12.8 Å². The van der Waals surface area contributed by atoms with Gasteiger partial charge in [-0.3, -0.25) is 19.6 Å². The van der Waals surface area contributed by atoms with Gasteiger partial charge in [-0.15, -0.1) is 0 Å². The number of Topliss-reactive ketones (excluding diaryl/α,β-unsaturated/α-hetero) is 1. The van der Waals surface area contributed by atoms with Crippen LogP contribution in [0.5, 0.6) is 0 Å². The van der Waals surface area contributed by atoms with Gasteiger partial charge in [0.25, 0.3) is 0 Å². The summed E-state index contributed by atoms with van der Waals surface area (Å²) < 4.78 is 7.17. The van der Waals surface area contributed by atoms with Crippen molar-refractivity contribution in [3.8, 4) is 0 Å². The minimum absolute atomic E-state index is 0.0382. The third-order valence-corrected chi connectivity index (χ3v) is 8.70. The van der Waals surface area contributed by atoms with Crippen molar-refractivity contribution in [2.45, 2.75) is 76.2 Å². The monoisotopic (exact) mass is 476 g/mol. The molecule has 1 aromatic heterocycles. The van der Waals surface area contributed by atoms with Gasteiger partial charge < -0.3 is 9.22 Å². The van der Waals surface area contributed by atoms with E-state index in [4.69, 9.17) is 4.74 Å². The lowest BCUT2D eigenvalue weighted by molar-refractivity contribution is -0.939. The van der Waals surface area contributed by atoms with E-state index >= 15 is 0 Å². The molecule has 1 saturated carbocycles. The summed E-state index contributed by atoms with van der Waals surface area (Å²) >= 11 is 0. The Balaban J connectivity index is 1.29. The van der Waals surface area contributed by atoms with Crippen LogP contribution in [0.4, 0.5) is 0 Å². The van der Waals surface area contributed by atoms with Crippen LogP contribution in [-0.4, -0.2) is 58.5 Å². The number of hydrogen-bond donors (Lipinski definition) is 0. The van der Waals surface area contributed by atoms with Crippen LogP contribution in [0.25, 0.3) is 0 Å². The lowest BCUT2D eigenvalue weighted by Crippen LogP contribution is -2.66. The molecule has 4 heterocycles. The Morgan fingerprint density at radius 2 is 1.71 bits per heavy atom. The van der Waals surface area contributed by atoms with Gasteiger partial charge in [-0.05, 0) is 25.3 Å². The summed E-state index contributed by atoms with van der Waals surface area (Å²) in [6, 6.07) is 10.3. The number of aryl methyl sites for hydroxylation is 1. The lowest BCUT2D eigenvalue weighted by atomic mass is 9.74. The molecule has 3 aliphatic heterocycles. The second-order valence-electron chi connectivity index (χ2n) is 11.1. The Morgan fingerprint density at radius 3 is 2.37 bits per heavy atom. The molecule has 186 valence electrons. The molecule has 3 saturated heterocycles. The second-order valence-corrected chi connectivity index (χ2v) is 11.1. The van der Waals surface area contributed by atoms with E-state index in [-0.39, 0.29) is 17.9 Å². The standard InChI is InChI=1S/C29H38N3O3/c1-22-18-31-25(19-30-22)17-26(33)20-32-15-11-23(12-16-32)27(21-32)35-28(34)29(13-7-2-3-8-14-29)24-9-5-4-6-10-24/h4-6,9-10,18-19,23,27H,2-3,7-8,11-17,20-21H2,1H3/q+1/t23?,27-,32?/m0/s1. The van der Waals surface area contributed by atoms with Gasteiger partial charge in [-0.2, -0.15) is 0 Å².